The van der Waals surface area contributed by atoms with Gasteiger partial charge in [0.2, 0.25) is 5.91 Å². The number of hydrogen-bond donors (Lipinski definition) is 1. The van der Waals surface area contributed by atoms with E-state index in [1.807, 2.05) is 17.0 Å². The monoisotopic (exact) mass is 384 g/mol. The molecule has 0 aromatic heterocycles. The first-order valence-electron chi connectivity index (χ1n) is 8.27. The normalized spacial score (nSPS) is 14.2. The molecule has 1 N–H and O–H groups in total. The first-order valence-corrected chi connectivity index (χ1v) is 8.27. The standard InChI is InChI=1S/C19H17F5N2O/c1-12(27)25-16-6-7-17-14(10-16)8-9-26(17)11-13-2-4-15(5-3-13)18(20,21)19(22,23)24/h2-7,10H,8-9,11H2,1H3,(H,25,27). The minimum atomic E-state index is -5.62. The van der Waals surface area contributed by atoms with Crippen LogP contribution < -0.4 is 10.2 Å². The molecule has 2 aromatic carbocycles. The number of halogens is 5. The molecule has 0 atom stereocenters. The van der Waals surface area contributed by atoms with E-state index < -0.39 is 17.7 Å². The lowest BCUT2D eigenvalue weighted by Crippen LogP contribution is -2.33. The molecular formula is C19H17F5N2O. The first kappa shape index (κ1) is 19.1. The number of carbonyl (C=O) groups excluding carboxylic acids is 1. The number of alkyl halides is 5. The lowest BCUT2D eigenvalue weighted by Gasteiger charge is -2.22. The fraction of sp³-hybridized carbons (Fsp3) is 0.316. The van der Waals surface area contributed by atoms with Crippen molar-refractivity contribution in [1.29, 1.82) is 0 Å². The van der Waals surface area contributed by atoms with Crippen LogP contribution in [0, 0.1) is 0 Å². The summed E-state index contributed by atoms with van der Waals surface area (Å²) < 4.78 is 64.0. The highest BCUT2D eigenvalue weighted by Gasteiger charge is 2.58. The summed E-state index contributed by atoms with van der Waals surface area (Å²) in [5.74, 6) is -5.04. The van der Waals surface area contributed by atoms with Gasteiger partial charge < -0.3 is 10.2 Å². The van der Waals surface area contributed by atoms with Gasteiger partial charge in [-0.2, -0.15) is 22.0 Å². The second kappa shape index (κ2) is 6.83. The van der Waals surface area contributed by atoms with Crippen LogP contribution in [-0.4, -0.2) is 18.6 Å². The Balaban J connectivity index is 1.74. The zero-order chi connectivity index (χ0) is 19.8. The molecule has 8 heteroatoms. The average Bonchev–Trinajstić information content (AvgIpc) is 2.96. The third kappa shape index (κ3) is 3.89. The van der Waals surface area contributed by atoms with Crippen LogP contribution in [0.2, 0.25) is 0 Å². The van der Waals surface area contributed by atoms with Gasteiger partial charge in [0.15, 0.2) is 0 Å². The van der Waals surface area contributed by atoms with E-state index in [4.69, 9.17) is 0 Å². The Morgan fingerprint density at radius 1 is 1.07 bits per heavy atom. The Hall–Kier alpha value is -2.64. The maximum Gasteiger partial charge on any atom is 0.458 e. The molecule has 3 rings (SSSR count). The molecule has 0 fully saturated rings. The summed E-state index contributed by atoms with van der Waals surface area (Å²) in [5, 5.41) is 2.71. The van der Waals surface area contributed by atoms with Crippen molar-refractivity contribution in [2.45, 2.75) is 32.0 Å². The van der Waals surface area contributed by atoms with Crippen molar-refractivity contribution in [2.24, 2.45) is 0 Å². The molecule has 1 aliphatic heterocycles. The van der Waals surface area contributed by atoms with Gasteiger partial charge in [-0.25, -0.2) is 0 Å². The molecule has 1 aliphatic rings. The molecule has 27 heavy (non-hydrogen) atoms. The van der Waals surface area contributed by atoms with Crippen molar-refractivity contribution >= 4 is 17.3 Å². The molecule has 1 heterocycles. The zero-order valence-corrected chi connectivity index (χ0v) is 14.4. The Morgan fingerprint density at radius 2 is 1.74 bits per heavy atom. The van der Waals surface area contributed by atoms with Gasteiger partial charge in [0.25, 0.3) is 0 Å². The fourth-order valence-electron chi connectivity index (χ4n) is 3.12. The minimum absolute atomic E-state index is 0.166. The number of nitrogens with zero attached hydrogens (tertiary/aromatic N) is 1. The van der Waals surface area contributed by atoms with Crippen LogP contribution in [0.3, 0.4) is 0 Å². The third-order valence-electron chi connectivity index (χ3n) is 4.44. The Morgan fingerprint density at radius 3 is 2.33 bits per heavy atom. The summed E-state index contributed by atoms with van der Waals surface area (Å²) >= 11 is 0. The topological polar surface area (TPSA) is 32.3 Å². The van der Waals surface area contributed by atoms with Crippen molar-refractivity contribution in [3.8, 4) is 0 Å². The van der Waals surface area contributed by atoms with Crippen LogP contribution in [0.5, 0.6) is 0 Å². The van der Waals surface area contributed by atoms with Crippen LogP contribution in [-0.2, 0) is 23.7 Å². The van der Waals surface area contributed by atoms with E-state index in [0.29, 0.717) is 24.3 Å². The van der Waals surface area contributed by atoms with Crippen molar-refractivity contribution in [1.82, 2.24) is 0 Å². The molecule has 0 radical (unpaired) electrons. The molecule has 0 unspecified atom stereocenters. The van der Waals surface area contributed by atoms with E-state index in [0.717, 1.165) is 29.8 Å². The molecule has 2 aromatic rings. The summed E-state index contributed by atoms with van der Waals surface area (Å²) in [5.41, 5.74) is 2.26. The van der Waals surface area contributed by atoms with Gasteiger partial charge in [-0.05, 0) is 35.7 Å². The summed E-state index contributed by atoms with van der Waals surface area (Å²) in [6.45, 7) is 2.51. The lowest BCUT2D eigenvalue weighted by atomic mass is 10.1. The first-order chi connectivity index (χ1) is 12.6. The number of carbonyl (C=O) groups is 1. The van der Waals surface area contributed by atoms with Crippen molar-refractivity contribution in [3.63, 3.8) is 0 Å². The molecule has 0 saturated heterocycles. The van der Waals surface area contributed by atoms with Crippen molar-refractivity contribution < 1.29 is 26.7 Å². The van der Waals surface area contributed by atoms with Crippen LogP contribution in [0.4, 0.5) is 33.3 Å². The van der Waals surface area contributed by atoms with Gasteiger partial charge in [-0.3, -0.25) is 4.79 Å². The maximum atomic E-state index is 13.4. The molecule has 0 saturated carbocycles. The number of amides is 1. The Kier molecular flexibility index (Phi) is 4.84. The highest BCUT2D eigenvalue weighted by atomic mass is 19.4. The second-order valence-corrected chi connectivity index (χ2v) is 6.47. The quantitative estimate of drug-likeness (QED) is 0.764. The van der Waals surface area contributed by atoms with E-state index in [1.54, 1.807) is 6.07 Å². The smallest absolute Gasteiger partial charge is 0.367 e. The predicted molar refractivity (Wildman–Crippen MR) is 91.9 cm³/mol. The average molecular weight is 384 g/mol. The third-order valence-corrected chi connectivity index (χ3v) is 4.44. The van der Waals surface area contributed by atoms with E-state index in [9.17, 15) is 26.7 Å². The molecular weight excluding hydrogens is 367 g/mol. The number of anilines is 2. The van der Waals surface area contributed by atoms with Crippen LogP contribution in [0.15, 0.2) is 42.5 Å². The van der Waals surface area contributed by atoms with Gasteiger partial charge in [-0.1, -0.05) is 24.3 Å². The van der Waals surface area contributed by atoms with Crippen LogP contribution in [0.25, 0.3) is 0 Å². The minimum Gasteiger partial charge on any atom is -0.367 e. The molecule has 3 nitrogen and oxygen atoms in total. The number of benzene rings is 2. The highest BCUT2D eigenvalue weighted by Crippen LogP contribution is 2.43. The highest BCUT2D eigenvalue weighted by molar-refractivity contribution is 5.89. The molecule has 0 bridgehead atoms. The van der Waals surface area contributed by atoms with Gasteiger partial charge >= 0.3 is 12.1 Å². The maximum absolute atomic E-state index is 13.4. The zero-order valence-electron chi connectivity index (χ0n) is 14.4. The van der Waals surface area contributed by atoms with Gasteiger partial charge in [0, 0.05) is 37.0 Å². The summed E-state index contributed by atoms with van der Waals surface area (Å²) in [7, 11) is 0. The SMILES string of the molecule is CC(=O)Nc1ccc2c(c1)CCN2Cc1ccc(C(F)(F)C(F)(F)F)cc1. The van der Waals surface area contributed by atoms with E-state index >= 15 is 0 Å². The summed E-state index contributed by atoms with van der Waals surface area (Å²) in [6, 6.07) is 9.73. The number of rotatable bonds is 4. The van der Waals surface area contributed by atoms with Crippen LogP contribution in [0.1, 0.15) is 23.6 Å². The van der Waals surface area contributed by atoms with Crippen molar-refractivity contribution in [3.05, 3.63) is 59.2 Å². The molecule has 0 aliphatic carbocycles. The number of fused-ring (bicyclic) bond motifs is 1. The molecule has 144 valence electrons. The number of nitrogens with one attached hydrogen (secondary N) is 1. The predicted octanol–water partition coefficient (Wildman–Crippen LogP) is 4.86. The van der Waals surface area contributed by atoms with E-state index in [1.165, 1.54) is 19.1 Å². The molecule has 1 amide bonds. The second-order valence-electron chi connectivity index (χ2n) is 6.47. The van der Waals surface area contributed by atoms with Crippen LogP contribution >= 0.6 is 0 Å². The van der Waals surface area contributed by atoms with Gasteiger partial charge in [0.1, 0.15) is 0 Å². The fourth-order valence-corrected chi connectivity index (χ4v) is 3.12. The summed E-state index contributed by atoms with van der Waals surface area (Å²) in [4.78, 5) is 13.2. The Bertz CT molecular complexity index is 846. The summed E-state index contributed by atoms with van der Waals surface area (Å²) in [6.07, 6.45) is -4.86. The van der Waals surface area contributed by atoms with E-state index in [2.05, 4.69) is 5.32 Å². The lowest BCUT2D eigenvalue weighted by molar-refractivity contribution is -0.289. The number of hydrogen-bond acceptors (Lipinski definition) is 2. The molecule has 0 spiro atoms. The van der Waals surface area contributed by atoms with Gasteiger partial charge in [-0.15, -0.1) is 0 Å². The Labute approximate surface area is 152 Å². The largest absolute Gasteiger partial charge is 0.458 e. The van der Waals surface area contributed by atoms with Gasteiger partial charge in [0.05, 0.1) is 0 Å². The van der Waals surface area contributed by atoms with Crippen molar-refractivity contribution in [2.75, 3.05) is 16.8 Å². The van der Waals surface area contributed by atoms with E-state index in [-0.39, 0.29) is 5.91 Å².